The fourth-order valence-corrected chi connectivity index (χ4v) is 1.98. The van der Waals surface area contributed by atoms with Gasteiger partial charge in [-0.1, -0.05) is 12.1 Å². The Morgan fingerprint density at radius 1 is 1.24 bits per heavy atom. The number of aromatic hydroxyl groups is 1. The summed E-state index contributed by atoms with van der Waals surface area (Å²) in [5, 5.41) is 12.8. The third-order valence-electron chi connectivity index (χ3n) is 2.85. The Balaban J connectivity index is 2.20. The van der Waals surface area contributed by atoms with Gasteiger partial charge in [-0.3, -0.25) is 4.79 Å². The highest BCUT2D eigenvalue weighted by Crippen LogP contribution is 2.25. The van der Waals surface area contributed by atoms with Crippen molar-refractivity contribution in [2.24, 2.45) is 0 Å². The van der Waals surface area contributed by atoms with Crippen molar-refractivity contribution in [3.05, 3.63) is 45.9 Å². The van der Waals surface area contributed by atoms with Crippen LogP contribution in [0.3, 0.4) is 0 Å². The fraction of sp³-hybridized carbons (Fsp3) is 0.167. The third kappa shape index (κ3) is 1.60. The van der Waals surface area contributed by atoms with Crippen LogP contribution in [0.1, 0.15) is 11.3 Å². The molecule has 3 rings (SSSR count). The molecule has 0 saturated heterocycles. The second-order valence-corrected chi connectivity index (χ2v) is 3.96. The molecule has 1 aromatic heterocycles. The van der Waals surface area contributed by atoms with Crippen LogP contribution in [0.25, 0.3) is 11.4 Å². The second kappa shape index (κ2) is 3.71. The van der Waals surface area contributed by atoms with Crippen molar-refractivity contribution in [3.63, 3.8) is 0 Å². The normalized spacial score (nSPS) is 13.6. The molecule has 3 N–H and O–H groups in total. The maximum Gasteiger partial charge on any atom is 0.255 e. The van der Waals surface area contributed by atoms with Crippen LogP contribution in [0.2, 0.25) is 0 Å². The number of hydrogen-bond acceptors (Lipinski definition) is 4. The van der Waals surface area contributed by atoms with E-state index < -0.39 is 0 Å². The Hall–Kier alpha value is -2.14. The average Bonchev–Trinajstić information content (AvgIpc) is 2.78. The highest BCUT2D eigenvalue weighted by atomic mass is 16.3. The molecule has 2 aromatic rings. The van der Waals surface area contributed by atoms with Crippen LogP contribution in [-0.4, -0.2) is 15.1 Å². The molecule has 0 saturated carbocycles. The molecular weight excluding hydrogens is 218 g/mol. The van der Waals surface area contributed by atoms with Crippen LogP contribution >= 0.6 is 0 Å². The predicted molar refractivity (Wildman–Crippen MR) is 62.5 cm³/mol. The first kappa shape index (κ1) is 10.0. The Kier molecular flexibility index (Phi) is 2.19. The second-order valence-electron chi connectivity index (χ2n) is 3.96. The summed E-state index contributed by atoms with van der Waals surface area (Å²) in [5.41, 5.74) is 1.84. The zero-order valence-electron chi connectivity index (χ0n) is 9.03. The van der Waals surface area contributed by atoms with Crippen molar-refractivity contribution in [1.82, 2.24) is 15.3 Å². The molecule has 0 bridgehead atoms. The number of H-pyrrole nitrogens is 1. The number of aromatic nitrogens is 2. The number of nitrogens with one attached hydrogen (secondary N) is 2. The van der Waals surface area contributed by atoms with Gasteiger partial charge in [0.2, 0.25) is 0 Å². The predicted octanol–water partition coefficient (Wildman–Crippen LogP) is 0.746. The van der Waals surface area contributed by atoms with Gasteiger partial charge in [-0.15, -0.1) is 0 Å². The van der Waals surface area contributed by atoms with Crippen molar-refractivity contribution >= 4 is 0 Å². The summed E-state index contributed by atoms with van der Waals surface area (Å²) in [5.74, 6) is 0.525. The lowest BCUT2D eigenvalue weighted by Gasteiger charge is -2.05. The molecular formula is C12H11N3O2. The summed E-state index contributed by atoms with van der Waals surface area (Å²) in [6.45, 7) is 1.15. The summed E-state index contributed by atoms with van der Waals surface area (Å²) in [4.78, 5) is 18.9. The van der Waals surface area contributed by atoms with Gasteiger partial charge in [0.05, 0.1) is 16.8 Å². The van der Waals surface area contributed by atoms with E-state index in [2.05, 4.69) is 15.3 Å². The molecule has 2 heterocycles. The smallest absolute Gasteiger partial charge is 0.255 e. The maximum atomic E-state index is 11.8. The molecule has 5 nitrogen and oxygen atoms in total. The molecule has 0 radical (unpaired) electrons. The van der Waals surface area contributed by atoms with Crippen LogP contribution in [0.5, 0.6) is 5.75 Å². The Morgan fingerprint density at radius 2 is 2.06 bits per heavy atom. The summed E-state index contributed by atoms with van der Waals surface area (Å²) >= 11 is 0. The number of phenols is 1. The first-order valence-corrected chi connectivity index (χ1v) is 5.37. The Morgan fingerprint density at radius 3 is 2.88 bits per heavy atom. The van der Waals surface area contributed by atoms with Crippen molar-refractivity contribution in [2.45, 2.75) is 13.1 Å². The number of aromatic amines is 1. The zero-order valence-corrected chi connectivity index (χ0v) is 9.03. The summed E-state index contributed by atoms with van der Waals surface area (Å²) in [6, 6.07) is 6.82. The molecule has 0 spiro atoms. The van der Waals surface area contributed by atoms with Gasteiger partial charge in [-0.25, -0.2) is 4.98 Å². The summed E-state index contributed by atoms with van der Waals surface area (Å²) < 4.78 is 0. The van der Waals surface area contributed by atoms with Crippen molar-refractivity contribution in [3.8, 4) is 17.1 Å². The van der Waals surface area contributed by atoms with Crippen molar-refractivity contribution < 1.29 is 5.11 Å². The topological polar surface area (TPSA) is 78.0 Å². The minimum Gasteiger partial charge on any atom is -0.507 e. The van der Waals surface area contributed by atoms with E-state index in [0.717, 1.165) is 5.69 Å². The van der Waals surface area contributed by atoms with E-state index in [9.17, 15) is 9.90 Å². The van der Waals surface area contributed by atoms with Gasteiger partial charge in [-0.05, 0) is 12.1 Å². The largest absolute Gasteiger partial charge is 0.507 e. The number of para-hydroxylation sites is 1. The van der Waals surface area contributed by atoms with Crippen LogP contribution < -0.4 is 10.9 Å². The molecule has 0 fully saturated rings. The van der Waals surface area contributed by atoms with Gasteiger partial charge in [-0.2, -0.15) is 0 Å². The van der Waals surface area contributed by atoms with Gasteiger partial charge in [0.15, 0.2) is 0 Å². The minimum atomic E-state index is -0.141. The first-order chi connectivity index (χ1) is 8.25. The number of rotatable bonds is 1. The third-order valence-corrected chi connectivity index (χ3v) is 2.85. The van der Waals surface area contributed by atoms with E-state index in [4.69, 9.17) is 0 Å². The van der Waals surface area contributed by atoms with Gasteiger partial charge in [0.1, 0.15) is 11.6 Å². The number of fused-ring (bicyclic) bond motifs is 1. The van der Waals surface area contributed by atoms with Crippen LogP contribution in [-0.2, 0) is 13.1 Å². The molecule has 5 heteroatoms. The van der Waals surface area contributed by atoms with Crippen LogP contribution in [0, 0.1) is 0 Å². The zero-order chi connectivity index (χ0) is 11.8. The number of phenolic OH excluding ortho intramolecular Hbond substituents is 1. The highest BCUT2D eigenvalue weighted by molar-refractivity contribution is 5.63. The van der Waals surface area contributed by atoms with Crippen LogP contribution in [0.15, 0.2) is 29.1 Å². The van der Waals surface area contributed by atoms with Crippen molar-refractivity contribution in [2.75, 3.05) is 0 Å². The molecule has 1 aliphatic heterocycles. The standard InChI is InChI=1S/C12H11N3O2/c16-10-4-2-1-3-7(10)11-14-9-6-13-5-8(9)12(17)15-11/h1-4,13,16H,5-6H2,(H,14,15,17). The molecule has 0 amide bonds. The summed E-state index contributed by atoms with van der Waals surface area (Å²) in [6.07, 6.45) is 0. The van der Waals surface area contributed by atoms with E-state index in [0.29, 0.717) is 30.0 Å². The lowest BCUT2D eigenvalue weighted by atomic mass is 10.1. The summed E-state index contributed by atoms with van der Waals surface area (Å²) in [7, 11) is 0. The lowest BCUT2D eigenvalue weighted by molar-refractivity contribution is 0.477. The molecule has 17 heavy (non-hydrogen) atoms. The average molecular weight is 229 g/mol. The molecule has 1 aromatic carbocycles. The van der Waals surface area contributed by atoms with Gasteiger partial charge < -0.3 is 15.4 Å². The molecule has 1 aliphatic rings. The molecule has 86 valence electrons. The van der Waals surface area contributed by atoms with Gasteiger partial charge in [0.25, 0.3) is 5.56 Å². The van der Waals surface area contributed by atoms with Gasteiger partial charge >= 0.3 is 0 Å². The van der Waals surface area contributed by atoms with Crippen molar-refractivity contribution in [1.29, 1.82) is 0 Å². The maximum absolute atomic E-state index is 11.8. The first-order valence-electron chi connectivity index (χ1n) is 5.37. The van der Waals surface area contributed by atoms with Crippen LogP contribution in [0.4, 0.5) is 0 Å². The van der Waals surface area contributed by atoms with E-state index >= 15 is 0 Å². The van der Waals surface area contributed by atoms with E-state index in [1.807, 2.05) is 0 Å². The highest BCUT2D eigenvalue weighted by Gasteiger charge is 2.17. The SMILES string of the molecule is O=c1[nH]c(-c2ccccc2O)nc2c1CNC2. The molecule has 0 unspecified atom stereocenters. The van der Waals surface area contributed by atoms with E-state index in [1.165, 1.54) is 0 Å². The quantitative estimate of drug-likeness (QED) is 0.674. The monoisotopic (exact) mass is 229 g/mol. The molecule has 0 aliphatic carbocycles. The Bertz CT molecular complexity index is 634. The number of nitrogens with zero attached hydrogens (tertiary/aromatic N) is 1. The minimum absolute atomic E-state index is 0.113. The molecule has 0 atom stereocenters. The lowest BCUT2D eigenvalue weighted by Crippen LogP contribution is -2.15. The fourth-order valence-electron chi connectivity index (χ4n) is 1.98. The van der Waals surface area contributed by atoms with Gasteiger partial charge in [0, 0.05) is 13.1 Å². The Labute approximate surface area is 97.2 Å². The number of hydrogen-bond donors (Lipinski definition) is 3. The van der Waals surface area contributed by atoms with E-state index in [-0.39, 0.29) is 11.3 Å². The number of benzene rings is 1. The van der Waals surface area contributed by atoms with E-state index in [1.54, 1.807) is 24.3 Å².